The van der Waals surface area contributed by atoms with Gasteiger partial charge in [0.05, 0.1) is 18.4 Å². The summed E-state index contributed by atoms with van der Waals surface area (Å²) >= 11 is 0. The predicted octanol–water partition coefficient (Wildman–Crippen LogP) is 3.03. The first-order chi connectivity index (χ1) is 11.7. The fourth-order valence-corrected chi connectivity index (χ4v) is 2.50. The SMILES string of the molecule is CCCCc1cn(-c2nn(Cc3ccc(C)cc3)cc2C#N)nn1. The van der Waals surface area contributed by atoms with Crippen LogP contribution in [-0.2, 0) is 13.0 Å². The van der Waals surface area contributed by atoms with Crippen LogP contribution in [-0.4, -0.2) is 24.8 Å². The van der Waals surface area contributed by atoms with Gasteiger partial charge in [0.2, 0.25) is 0 Å². The molecule has 0 fully saturated rings. The molecule has 2 aromatic heterocycles. The van der Waals surface area contributed by atoms with E-state index in [4.69, 9.17) is 0 Å². The summed E-state index contributed by atoms with van der Waals surface area (Å²) in [7, 11) is 0. The Balaban J connectivity index is 1.83. The van der Waals surface area contributed by atoms with E-state index >= 15 is 0 Å². The largest absolute Gasteiger partial charge is 0.265 e. The van der Waals surface area contributed by atoms with E-state index in [0.717, 1.165) is 30.5 Å². The summed E-state index contributed by atoms with van der Waals surface area (Å²) in [6.07, 6.45) is 6.69. The van der Waals surface area contributed by atoms with Gasteiger partial charge in [0, 0.05) is 6.20 Å². The maximum Gasteiger partial charge on any atom is 0.194 e. The van der Waals surface area contributed by atoms with Gasteiger partial charge in [-0.25, -0.2) is 0 Å². The lowest BCUT2D eigenvalue weighted by Crippen LogP contribution is -2.03. The van der Waals surface area contributed by atoms with E-state index in [1.165, 1.54) is 5.56 Å². The number of rotatable bonds is 6. The molecule has 122 valence electrons. The molecule has 3 aromatic rings. The number of unbranched alkanes of at least 4 members (excludes halogenated alkanes) is 1. The molecule has 0 bridgehead atoms. The lowest BCUT2D eigenvalue weighted by molar-refractivity contribution is 0.663. The Morgan fingerprint density at radius 3 is 2.67 bits per heavy atom. The minimum Gasteiger partial charge on any atom is -0.265 e. The van der Waals surface area contributed by atoms with Gasteiger partial charge in [0.25, 0.3) is 0 Å². The molecule has 0 aliphatic heterocycles. The first kappa shape index (κ1) is 15.9. The highest BCUT2D eigenvalue weighted by atomic mass is 15.5. The summed E-state index contributed by atoms with van der Waals surface area (Å²) < 4.78 is 3.36. The van der Waals surface area contributed by atoms with Gasteiger partial charge < -0.3 is 0 Å². The van der Waals surface area contributed by atoms with Gasteiger partial charge in [-0.3, -0.25) is 4.68 Å². The summed E-state index contributed by atoms with van der Waals surface area (Å²) in [4.78, 5) is 0. The second-order valence-electron chi connectivity index (χ2n) is 5.92. The third-order valence-corrected chi connectivity index (χ3v) is 3.87. The number of nitriles is 1. The molecule has 3 rings (SSSR count). The van der Waals surface area contributed by atoms with Crippen LogP contribution in [0.5, 0.6) is 0 Å². The molecule has 0 spiro atoms. The first-order valence-electron chi connectivity index (χ1n) is 8.14. The number of aromatic nitrogens is 5. The average Bonchev–Trinajstić information content (AvgIpc) is 3.21. The van der Waals surface area contributed by atoms with E-state index in [1.54, 1.807) is 15.6 Å². The van der Waals surface area contributed by atoms with Crippen molar-refractivity contribution in [3.05, 3.63) is 59.0 Å². The summed E-state index contributed by atoms with van der Waals surface area (Å²) in [6.45, 7) is 4.82. The van der Waals surface area contributed by atoms with Gasteiger partial charge in [0.15, 0.2) is 5.82 Å². The van der Waals surface area contributed by atoms with E-state index in [9.17, 15) is 5.26 Å². The van der Waals surface area contributed by atoms with E-state index in [2.05, 4.69) is 59.6 Å². The third kappa shape index (κ3) is 3.51. The molecule has 0 aliphatic rings. The van der Waals surface area contributed by atoms with Crippen molar-refractivity contribution >= 4 is 0 Å². The maximum atomic E-state index is 9.38. The van der Waals surface area contributed by atoms with Crippen molar-refractivity contribution < 1.29 is 0 Å². The topological polar surface area (TPSA) is 72.3 Å². The Morgan fingerprint density at radius 2 is 1.96 bits per heavy atom. The Labute approximate surface area is 141 Å². The minimum absolute atomic E-state index is 0.494. The fraction of sp³-hybridized carbons (Fsp3) is 0.333. The van der Waals surface area contributed by atoms with Crippen molar-refractivity contribution in [3.63, 3.8) is 0 Å². The third-order valence-electron chi connectivity index (χ3n) is 3.87. The number of nitrogens with zero attached hydrogens (tertiary/aromatic N) is 6. The molecular weight excluding hydrogens is 300 g/mol. The van der Waals surface area contributed by atoms with Crippen LogP contribution in [0.2, 0.25) is 0 Å². The summed E-state index contributed by atoms with van der Waals surface area (Å²) in [5, 5.41) is 22.2. The van der Waals surface area contributed by atoms with E-state index in [0.29, 0.717) is 17.9 Å². The van der Waals surface area contributed by atoms with E-state index in [-0.39, 0.29) is 0 Å². The molecule has 0 amide bonds. The van der Waals surface area contributed by atoms with Crippen LogP contribution < -0.4 is 0 Å². The zero-order chi connectivity index (χ0) is 16.9. The van der Waals surface area contributed by atoms with Crippen LogP contribution in [0.1, 0.15) is 42.1 Å². The molecule has 0 saturated heterocycles. The normalized spacial score (nSPS) is 10.7. The van der Waals surface area contributed by atoms with Crippen molar-refractivity contribution in [2.45, 2.75) is 39.7 Å². The summed E-state index contributed by atoms with van der Waals surface area (Å²) in [5.74, 6) is 0.528. The molecule has 1 aromatic carbocycles. The second-order valence-corrected chi connectivity index (χ2v) is 5.92. The van der Waals surface area contributed by atoms with Gasteiger partial charge in [-0.1, -0.05) is 48.4 Å². The zero-order valence-corrected chi connectivity index (χ0v) is 14.0. The zero-order valence-electron chi connectivity index (χ0n) is 14.0. The van der Waals surface area contributed by atoms with Crippen molar-refractivity contribution in [3.8, 4) is 11.9 Å². The molecule has 0 aliphatic carbocycles. The monoisotopic (exact) mass is 320 g/mol. The van der Waals surface area contributed by atoms with Crippen LogP contribution in [0.4, 0.5) is 0 Å². The van der Waals surface area contributed by atoms with E-state index in [1.807, 2.05) is 6.20 Å². The number of hydrogen-bond acceptors (Lipinski definition) is 4. The smallest absolute Gasteiger partial charge is 0.194 e. The van der Waals surface area contributed by atoms with E-state index < -0.39 is 0 Å². The Bertz CT molecular complexity index is 851. The molecule has 0 atom stereocenters. The van der Waals surface area contributed by atoms with Crippen molar-refractivity contribution in [2.75, 3.05) is 0 Å². The summed E-state index contributed by atoms with van der Waals surface area (Å²) in [5.41, 5.74) is 3.78. The van der Waals surface area contributed by atoms with Crippen LogP contribution >= 0.6 is 0 Å². The lowest BCUT2D eigenvalue weighted by atomic mass is 10.1. The highest BCUT2D eigenvalue weighted by Crippen LogP contribution is 2.13. The number of aryl methyl sites for hydroxylation is 2. The molecule has 0 unspecified atom stereocenters. The van der Waals surface area contributed by atoms with Crippen molar-refractivity contribution in [1.29, 1.82) is 5.26 Å². The Kier molecular flexibility index (Phi) is 4.71. The molecule has 0 radical (unpaired) electrons. The molecule has 6 heteroatoms. The first-order valence-corrected chi connectivity index (χ1v) is 8.14. The lowest BCUT2D eigenvalue weighted by Gasteiger charge is -2.02. The Morgan fingerprint density at radius 1 is 1.17 bits per heavy atom. The molecule has 0 saturated carbocycles. The number of hydrogen-bond donors (Lipinski definition) is 0. The maximum absolute atomic E-state index is 9.38. The highest BCUT2D eigenvalue weighted by molar-refractivity contribution is 5.41. The van der Waals surface area contributed by atoms with Crippen LogP contribution in [0.25, 0.3) is 5.82 Å². The standard InChI is InChI=1S/C18H20N6/c1-3-4-5-17-13-24(22-20-17)18-16(10-19)12-23(21-18)11-15-8-6-14(2)7-9-15/h6-9,12-13H,3-5,11H2,1-2H3. The molecule has 0 N–H and O–H groups in total. The van der Waals surface area contributed by atoms with Gasteiger partial charge in [0.1, 0.15) is 11.6 Å². The van der Waals surface area contributed by atoms with Crippen LogP contribution in [0, 0.1) is 18.3 Å². The fourth-order valence-electron chi connectivity index (χ4n) is 2.50. The predicted molar refractivity (Wildman–Crippen MR) is 90.8 cm³/mol. The average molecular weight is 320 g/mol. The molecule has 2 heterocycles. The van der Waals surface area contributed by atoms with Gasteiger partial charge in [-0.05, 0) is 25.3 Å². The number of benzene rings is 1. The van der Waals surface area contributed by atoms with Gasteiger partial charge in [-0.15, -0.1) is 5.10 Å². The van der Waals surface area contributed by atoms with Gasteiger partial charge in [-0.2, -0.15) is 15.0 Å². The van der Waals surface area contributed by atoms with Gasteiger partial charge >= 0.3 is 0 Å². The summed E-state index contributed by atoms with van der Waals surface area (Å²) in [6, 6.07) is 10.5. The van der Waals surface area contributed by atoms with Crippen molar-refractivity contribution in [2.24, 2.45) is 0 Å². The van der Waals surface area contributed by atoms with Crippen LogP contribution in [0.15, 0.2) is 36.7 Å². The second kappa shape index (κ2) is 7.09. The highest BCUT2D eigenvalue weighted by Gasteiger charge is 2.13. The minimum atomic E-state index is 0.494. The molecule has 24 heavy (non-hydrogen) atoms. The van der Waals surface area contributed by atoms with Crippen LogP contribution in [0.3, 0.4) is 0 Å². The Hall–Kier alpha value is -2.94. The molecule has 6 nitrogen and oxygen atoms in total. The van der Waals surface area contributed by atoms with Crippen molar-refractivity contribution in [1.82, 2.24) is 24.8 Å². The molecular formula is C18H20N6. The quantitative estimate of drug-likeness (QED) is 0.700.